The molecule has 0 N–H and O–H groups in total. The van der Waals surface area contributed by atoms with Crippen LogP contribution >= 0.6 is 0 Å². The topological polar surface area (TPSA) is 12.5 Å². The highest BCUT2D eigenvalue weighted by atomic mass is 19.3. The van der Waals surface area contributed by atoms with Crippen molar-refractivity contribution in [3.63, 3.8) is 0 Å². The van der Waals surface area contributed by atoms with Gasteiger partial charge in [0, 0.05) is 13.1 Å². The molecule has 1 aliphatic heterocycles. The van der Waals surface area contributed by atoms with E-state index in [-0.39, 0.29) is 32.3 Å². The molecular formula is C7H9BF3NO. The minimum absolute atomic E-state index is 0.00819. The summed E-state index contributed by atoms with van der Waals surface area (Å²) >= 11 is 0. The van der Waals surface area contributed by atoms with Crippen LogP contribution in [0.4, 0.5) is 13.2 Å². The number of hydrogen-bond acceptors (Lipinski definition) is 2. The van der Waals surface area contributed by atoms with Gasteiger partial charge in [-0.25, -0.2) is 9.29 Å². The molecule has 0 unspecified atom stereocenters. The Kier molecular flexibility index (Phi) is 3.38. The number of alkyl halides is 2. The molecule has 0 aromatic carbocycles. The van der Waals surface area contributed by atoms with Gasteiger partial charge in [-0.3, -0.25) is 0 Å². The average molecular weight is 191 g/mol. The monoisotopic (exact) mass is 191 g/mol. The summed E-state index contributed by atoms with van der Waals surface area (Å²) in [6.45, 7) is 0.392. The van der Waals surface area contributed by atoms with Crippen LogP contribution < -0.4 is 0 Å². The van der Waals surface area contributed by atoms with E-state index in [1.807, 2.05) is 0 Å². The Labute approximate surface area is 75.8 Å². The van der Waals surface area contributed by atoms with Crippen molar-refractivity contribution in [2.24, 2.45) is 0 Å². The van der Waals surface area contributed by atoms with Gasteiger partial charge in [-0.05, 0) is 0 Å². The third kappa shape index (κ3) is 2.25. The Morgan fingerprint density at radius 3 is 2.38 bits per heavy atom. The maximum absolute atomic E-state index is 13.1. The first-order valence-corrected chi connectivity index (χ1v) is 3.87. The van der Waals surface area contributed by atoms with Crippen LogP contribution in [0.2, 0.25) is 0 Å². The Hall–Kier alpha value is -0.485. The van der Waals surface area contributed by atoms with E-state index in [9.17, 15) is 13.2 Å². The van der Waals surface area contributed by atoms with E-state index in [1.165, 1.54) is 0 Å². The summed E-state index contributed by atoms with van der Waals surface area (Å²) in [4.78, 5) is 0.704. The number of rotatable bonds is 2. The van der Waals surface area contributed by atoms with Gasteiger partial charge in [-0.2, -0.15) is 8.78 Å². The summed E-state index contributed by atoms with van der Waals surface area (Å²) in [5.41, 5.74) is 0. The zero-order valence-corrected chi connectivity index (χ0v) is 6.97. The lowest BCUT2D eigenvalue weighted by molar-refractivity contribution is -0.156. The van der Waals surface area contributed by atoms with Gasteiger partial charge >= 0.3 is 6.05 Å². The first-order chi connectivity index (χ1) is 6.09. The minimum Gasteiger partial charge on any atom is -0.379 e. The minimum atomic E-state index is -3.60. The highest BCUT2D eigenvalue weighted by Crippen LogP contribution is 2.29. The average Bonchev–Trinajstić information content (AvgIpc) is 2.18. The molecule has 0 amide bonds. The van der Waals surface area contributed by atoms with Gasteiger partial charge < -0.3 is 4.74 Å². The first-order valence-electron chi connectivity index (χ1n) is 3.87. The van der Waals surface area contributed by atoms with E-state index in [1.54, 1.807) is 0 Å². The molecule has 1 fully saturated rings. The summed E-state index contributed by atoms with van der Waals surface area (Å²) in [7, 11) is 4.69. The molecule has 0 bridgehead atoms. The summed E-state index contributed by atoms with van der Waals surface area (Å²) in [5.74, 6) is -1.33. The van der Waals surface area contributed by atoms with Crippen molar-refractivity contribution >= 4 is 7.85 Å². The van der Waals surface area contributed by atoms with Crippen molar-refractivity contribution < 1.29 is 17.9 Å². The Balaban J connectivity index is 2.66. The standard InChI is InChI=1S/C7H9BF3NO/c8-5-6(9)7(10,11)12-1-3-13-4-2-12/h5H,1-4H2/b6-5-. The van der Waals surface area contributed by atoms with Gasteiger partial charge in [0.1, 0.15) is 7.85 Å². The molecule has 1 heterocycles. The Morgan fingerprint density at radius 2 is 1.92 bits per heavy atom. The van der Waals surface area contributed by atoms with Gasteiger partial charge in [0.15, 0.2) is 5.83 Å². The molecule has 0 aromatic heterocycles. The predicted molar refractivity (Wildman–Crippen MR) is 42.3 cm³/mol. The second-order valence-electron chi connectivity index (χ2n) is 2.66. The zero-order chi connectivity index (χ0) is 9.90. The van der Waals surface area contributed by atoms with Gasteiger partial charge in [-0.1, -0.05) is 5.98 Å². The molecule has 2 nitrogen and oxygen atoms in total. The highest BCUT2D eigenvalue weighted by molar-refractivity contribution is 6.17. The lowest BCUT2D eigenvalue weighted by Gasteiger charge is -2.32. The van der Waals surface area contributed by atoms with Crippen molar-refractivity contribution in [3.05, 3.63) is 11.8 Å². The van der Waals surface area contributed by atoms with E-state index in [0.29, 0.717) is 4.90 Å². The number of ether oxygens (including phenoxy) is 1. The molecule has 13 heavy (non-hydrogen) atoms. The summed E-state index contributed by atoms with van der Waals surface area (Å²) in [6, 6.07) is -3.60. The quantitative estimate of drug-likeness (QED) is 0.474. The fourth-order valence-electron chi connectivity index (χ4n) is 1.10. The Bertz CT molecular complexity index is 204. The van der Waals surface area contributed by atoms with Crippen molar-refractivity contribution in [2.75, 3.05) is 26.3 Å². The van der Waals surface area contributed by atoms with Gasteiger partial charge in [-0.15, -0.1) is 0 Å². The summed E-state index contributed by atoms with van der Waals surface area (Å²) in [6.07, 6.45) is 0. The molecule has 6 heteroatoms. The maximum Gasteiger partial charge on any atom is 0.356 e. The fourth-order valence-corrected chi connectivity index (χ4v) is 1.10. The second-order valence-corrected chi connectivity index (χ2v) is 2.66. The molecule has 1 rings (SSSR count). The van der Waals surface area contributed by atoms with Crippen molar-refractivity contribution in [1.82, 2.24) is 4.90 Å². The lowest BCUT2D eigenvalue weighted by Crippen LogP contribution is -2.48. The molecule has 0 aromatic rings. The van der Waals surface area contributed by atoms with Crippen LogP contribution in [0.1, 0.15) is 0 Å². The van der Waals surface area contributed by atoms with Crippen LogP contribution in [-0.2, 0) is 4.74 Å². The smallest absolute Gasteiger partial charge is 0.356 e. The number of hydrogen-bond donors (Lipinski definition) is 0. The zero-order valence-electron chi connectivity index (χ0n) is 6.97. The summed E-state index contributed by atoms with van der Waals surface area (Å²) in [5, 5.41) is 0. The third-order valence-electron chi connectivity index (χ3n) is 1.84. The van der Waals surface area contributed by atoms with Crippen LogP contribution in [0.25, 0.3) is 0 Å². The molecule has 1 saturated heterocycles. The largest absolute Gasteiger partial charge is 0.379 e. The van der Waals surface area contributed by atoms with E-state index in [4.69, 9.17) is 4.74 Å². The first kappa shape index (κ1) is 10.6. The van der Waals surface area contributed by atoms with E-state index < -0.39 is 11.9 Å². The van der Waals surface area contributed by atoms with Gasteiger partial charge in [0.25, 0.3) is 0 Å². The molecule has 0 atom stereocenters. The molecule has 0 spiro atoms. The van der Waals surface area contributed by atoms with Crippen LogP contribution in [0.3, 0.4) is 0 Å². The van der Waals surface area contributed by atoms with E-state index in [0.717, 1.165) is 0 Å². The molecule has 2 radical (unpaired) electrons. The number of halogens is 3. The number of morpholine rings is 1. The van der Waals surface area contributed by atoms with Crippen LogP contribution in [0.15, 0.2) is 11.8 Å². The van der Waals surface area contributed by atoms with E-state index >= 15 is 0 Å². The second kappa shape index (κ2) is 4.15. The number of nitrogens with zero attached hydrogens (tertiary/aromatic N) is 1. The van der Waals surface area contributed by atoms with Gasteiger partial charge in [0.05, 0.1) is 13.2 Å². The molecule has 72 valence electrons. The highest BCUT2D eigenvalue weighted by Gasteiger charge is 2.42. The molecular weight excluding hydrogens is 182 g/mol. The molecule has 0 saturated carbocycles. The van der Waals surface area contributed by atoms with E-state index in [2.05, 4.69) is 7.85 Å². The fraction of sp³-hybridized carbons (Fsp3) is 0.714. The normalized spacial score (nSPS) is 21.9. The lowest BCUT2D eigenvalue weighted by atomic mass is 10.1. The Morgan fingerprint density at radius 1 is 1.38 bits per heavy atom. The van der Waals surface area contributed by atoms with Gasteiger partial charge in [0.2, 0.25) is 0 Å². The predicted octanol–water partition coefficient (Wildman–Crippen LogP) is 0.891. The third-order valence-corrected chi connectivity index (χ3v) is 1.84. The molecule has 1 aliphatic rings. The van der Waals surface area contributed by atoms with Crippen LogP contribution in [0.5, 0.6) is 0 Å². The van der Waals surface area contributed by atoms with Crippen LogP contribution in [0, 0.1) is 0 Å². The van der Waals surface area contributed by atoms with Crippen LogP contribution in [-0.4, -0.2) is 45.1 Å². The summed E-state index contributed by atoms with van der Waals surface area (Å²) < 4.78 is 43.6. The SMILES string of the molecule is [B]/C=C(\F)C(F)(F)N1CCOCC1. The van der Waals surface area contributed by atoms with Crippen molar-refractivity contribution in [2.45, 2.75) is 6.05 Å². The molecule has 0 aliphatic carbocycles. The van der Waals surface area contributed by atoms with Crippen molar-refractivity contribution in [1.29, 1.82) is 0 Å². The maximum atomic E-state index is 13.1. The van der Waals surface area contributed by atoms with Crippen molar-refractivity contribution in [3.8, 4) is 0 Å².